The smallest absolute Gasteiger partial charge is 0.147 e. The normalized spacial score (nSPS) is 11.6. The number of halogens is 1. The summed E-state index contributed by atoms with van der Waals surface area (Å²) in [5, 5.41) is 8.85. The van der Waals surface area contributed by atoms with E-state index in [4.69, 9.17) is 10.00 Å². The summed E-state index contributed by atoms with van der Waals surface area (Å²) in [5.74, 6) is 0.690. The van der Waals surface area contributed by atoms with Crippen LogP contribution in [0.15, 0.2) is 18.2 Å². The maximum Gasteiger partial charge on any atom is 0.147 e. The fourth-order valence-corrected chi connectivity index (χ4v) is 2.03. The largest absolute Gasteiger partial charge is 0.494 e. The molecule has 0 saturated heterocycles. The highest BCUT2D eigenvalue weighted by atomic mass is 79.9. The molecule has 0 spiro atoms. The Balaban J connectivity index is 3.24. The quantitative estimate of drug-likeness (QED) is 0.784. The number of carbonyl (C=O) groups is 1. The Labute approximate surface area is 110 Å². The van der Waals surface area contributed by atoms with E-state index in [0.29, 0.717) is 12.4 Å². The Morgan fingerprint density at radius 1 is 1.59 bits per heavy atom. The van der Waals surface area contributed by atoms with Crippen LogP contribution in [-0.2, 0) is 11.2 Å². The predicted octanol–water partition coefficient (Wildman–Crippen LogP) is 3.18. The van der Waals surface area contributed by atoms with Crippen molar-refractivity contribution in [2.24, 2.45) is 0 Å². The summed E-state index contributed by atoms with van der Waals surface area (Å²) in [7, 11) is 0. The zero-order chi connectivity index (χ0) is 12.8. The molecule has 1 atom stereocenters. The minimum atomic E-state index is -0.383. The van der Waals surface area contributed by atoms with E-state index in [-0.39, 0.29) is 17.0 Å². The summed E-state index contributed by atoms with van der Waals surface area (Å²) in [6, 6.07) is 7.60. The second kappa shape index (κ2) is 6.41. The molecule has 17 heavy (non-hydrogen) atoms. The minimum absolute atomic E-state index is 0.0119. The second-order valence-electron chi connectivity index (χ2n) is 3.57. The molecule has 3 nitrogen and oxygen atoms in total. The average molecular weight is 296 g/mol. The van der Waals surface area contributed by atoms with Gasteiger partial charge in [-0.2, -0.15) is 5.26 Å². The Kier molecular flexibility index (Phi) is 5.17. The zero-order valence-corrected chi connectivity index (χ0v) is 11.5. The molecule has 0 aliphatic heterocycles. The number of alkyl halides is 1. The van der Waals surface area contributed by atoms with Gasteiger partial charge in [0.1, 0.15) is 11.5 Å². The van der Waals surface area contributed by atoms with E-state index in [1.54, 1.807) is 0 Å². The predicted molar refractivity (Wildman–Crippen MR) is 69.3 cm³/mol. The standard InChI is InChI=1S/C13H14BrNO2/c1-3-17-12-6-4-5-11(10(12)7-8-15)13(14)9(2)16/h4-6,13H,3,7H2,1-2H3. The van der Waals surface area contributed by atoms with Crippen LogP contribution in [0.2, 0.25) is 0 Å². The van der Waals surface area contributed by atoms with Crippen LogP contribution >= 0.6 is 15.9 Å². The highest BCUT2D eigenvalue weighted by Gasteiger charge is 2.19. The van der Waals surface area contributed by atoms with Gasteiger partial charge in [0.15, 0.2) is 0 Å². The molecule has 0 fully saturated rings. The molecular formula is C13H14BrNO2. The number of ketones is 1. The fraction of sp³-hybridized carbons (Fsp3) is 0.385. The molecule has 0 saturated carbocycles. The molecule has 4 heteroatoms. The first-order valence-electron chi connectivity index (χ1n) is 5.37. The molecule has 1 aromatic carbocycles. The first-order valence-corrected chi connectivity index (χ1v) is 6.29. The van der Waals surface area contributed by atoms with Gasteiger partial charge in [0, 0.05) is 5.56 Å². The Morgan fingerprint density at radius 3 is 2.82 bits per heavy atom. The summed E-state index contributed by atoms with van der Waals surface area (Å²) in [6.45, 7) is 3.94. The third-order valence-electron chi connectivity index (χ3n) is 2.35. The molecule has 0 aromatic heterocycles. The maximum atomic E-state index is 11.4. The lowest BCUT2D eigenvalue weighted by molar-refractivity contribution is -0.116. The highest BCUT2D eigenvalue weighted by Crippen LogP contribution is 2.32. The van der Waals surface area contributed by atoms with Crippen LogP contribution in [0.4, 0.5) is 0 Å². The molecule has 1 unspecified atom stereocenters. The summed E-state index contributed by atoms with van der Waals surface area (Å²) >= 11 is 3.34. The van der Waals surface area contributed by atoms with Crippen molar-refractivity contribution in [2.75, 3.05) is 6.61 Å². The van der Waals surface area contributed by atoms with Gasteiger partial charge < -0.3 is 4.74 Å². The van der Waals surface area contributed by atoms with Crippen LogP contribution in [0.3, 0.4) is 0 Å². The van der Waals surface area contributed by atoms with Crippen LogP contribution in [0.1, 0.15) is 29.8 Å². The topological polar surface area (TPSA) is 50.1 Å². The molecule has 0 aliphatic carbocycles. The van der Waals surface area contributed by atoms with Gasteiger partial charge in [-0.25, -0.2) is 0 Å². The van der Waals surface area contributed by atoms with Gasteiger partial charge in [-0.05, 0) is 25.5 Å². The van der Waals surface area contributed by atoms with Crippen LogP contribution in [0.5, 0.6) is 5.75 Å². The number of ether oxygens (including phenoxy) is 1. The van der Waals surface area contributed by atoms with Crippen LogP contribution in [0, 0.1) is 11.3 Å². The van der Waals surface area contributed by atoms with E-state index < -0.39 is 0 Å². The monoisotopic (exact) mass is 295 g/mol. The molecular weight excluding hydrogens is 282 g/mol. The summed E-state index contributed by atoms with van der Waals surface area (Å²) in [4.78, 5) is 11.0. The molecule has 0 heterocycles. The molecule has 90 valence electrons. The number of hydrogen-bond acceptors (Lipinski definition) is 3. The van der Waals surface area contributed by atoms with Crippen molar-refractivity contribution in [3.05, 3.63) is 29.3 Å². The first-order chi connectivity index (χ1) is 8.11. The van der Waals surface area contributed by atoms with E-state index in [1.165, 1.54) is 6.92 Å². The summed E-state index contributed by atoms with van der Waals surface area (Å²) in [6.07, 6.45) is 0.237. The van der Waals surface area contributed by atoms with Crippen LogP contribution in [-0.4, -0.2) is 12.4 Å². The van der Waals surface area contributed by atoms with Gasteiger partial charge in [0.25, 0.3) is 0 Å². The number of Topliss-reactive ketones (excluding diaryl/α,β-unsaturated/α-hetero) is 1. The van der Waals surface area contributed by atoms with Gasteiger partial charge in [-0.15, -0.1) is 0 Å². The third-order valence-corrected chi connectivity index (χ3v) is 3.49. The molecule has 0 amide bonds. The van der Waals surface area contributed by atoms with Crippen molar-refractivity contribution in [1.29, 1.82) is 5.26 Å². The molecule has 0 bridgehead atoms. The van der Waals surface area contributed by atoms with Crippen molar-refractivity contribution >= 4 is 21.7 Å². The fourth-order valence-electron chi connectivity index (χ4n) is 1.60. The Bertz CT molecular complexity index is 451. The molecule has 0 N–H and O–H groups in total. The number of benzene rings is 1. The number of carbonyl (C=O) groups excluding carboxylic acids is 1. The van der Waals surface area contributed by atoms with E-state index >= 15 is 0 Å². The lowest BCUT2D eigenvalue weighted by Gasteiger charge is -2.15. The van der Waals surface area contributed by atoms with Crippen LogP contribution in [0.25, 0.3) is 0 Å². The van der Waals surface area contributed by atoms with E-state index in [1.807, 2.05) is 25.1 Å². The molecule has 1 rings (SSSR count). The summed E-state index contributed by atoms with van der Waals surface area (Å²) < 4.78 is 5.48. The maximum absolute atomic E-state index is 11.4. The number of nitrogens with zero attached hydrogens (tertiary/aromatic N) is 1. The van der Waals surface area contributed by atoms with Gasteiger partial charge in [0.05, 0.1) is 23.9 Å². The minimum Gasteiger partial charge on any atom is -0.494 e. The van der Waals surface area contributed by atoms with Crippen LogP contribution < -0.4 is 4.74 Å². The van der Waals surface area contributed by atoms with Crippen molar-refractivity contribution < 1.29 is 9.53 Å². The SMILES string of the molecule is CCOc1cccc(C(Br)C(C)=O)c1CC#N. The molecule has 1 aromatic rings. The lowest BCUT2D eigenvalue weighted by atomic mass is 9.99. The number of rotatable bonds is 5. The zero-order valence-electron chi connectivity index (χ0n) is 9.87. The Hall–Kier alpha value is -1.34. The number of hydrogen-bond donors (Lipinski definition) is 0. The van der Waals surface area contributed by atoms with E-state index in [0.717, 1.165) is 11.1 Å². The summed E-state index contributed by atoms with van der Waals surface area (Å²) in [5.41, 5.74) is 1.60. The van der Waals surface area contributed by atoms with E-state index in [2.05, 4.69) is 22.0 Å². The third kappa shape index (κ3) is 3.31. The van der Waals surface area contributed by atoms with Crippen molar-refractivity contribution in [3.63, 3.8) is 0 Å². The second-order valence-corrected chi connectivity index (χ2v) is 4.48. The van der Waals surface area contributed by atoms with Crippen molar-refractivity contribution in [1.82, 2.24) is 0 Å². The van der Waals surface area contributed by atoms with Crippen molar-refractivity contribution in [2.45, 2.75) is 25.1 Å². The lowest BCUT2D eigenvalue weighted by Crippen LogP contribution is -2.07. The van der Waals surface area contributed by atoms with Gasteiger partial charge >= 0.3 is 0 Å². The van der Waals surface area contributed by atoms with Crippen molar-refractivity contribution in [3.8, 4) is 11.8 Å². The molecule has 0 radical (unpaired) electrons. The van der Waals surface area contributed by atoms with Gasteiger partial charge in [-0.3, -0.25) is 4.79 Å². The first kappa shape index (κ1) is 13.7. The average Bonchev–Trinajstić information content (AvgIpc) is 2.31. The van der Waals surface area contributed by atoms with Gasteiger partial charge in [-0.1, -0.05) is 28.1 Å². The Morgan fingerprint density at radius 2 is 2.29 bits per heavy atom. The molecule has 0 aliphatic rings. The van der Waals surface area contributed by atoms with E-state index in [9.17, 15) is 4.79 Å². The highest BCUT2D eigenvalue weighted by molar-refractivity contribution is 9.09. The number of nitriles is 1. The van der Waals surface area contributed by atoms with Gasteiger partial charge in [0.2, 0.25) is 0 Å².